The van der Waals surface area contributed by atoms with Crippen LogP contribution >= 0.6 is 7.82 Å². The lowest BCUT2D eigenvalue weighted by Crippen LogP contribution is -2.49. The molecule has 0 radical (unpaired) electrons. The first-order chi connectivity index (χ1) is 21.6. The van der Waals surface area contributed by atoms with Crippen molar-refractivity contribution in [3.05, 3.63) is 24.3 Å². The van der Waals surface area contributed by atoms with Gasteiger partial charge in [-0.3, -0.25) is 9.05 Å². The van der Waals surface area contributed by atoms with Crippen molar-refractivity contribution >= 4 is 7.82 Å². The van der Waals surface area contributed by atoms with E-state index in [1.807, 2.05) is 0 Å². The molecule has 0 aliphatic rings. The molecule has 0 heterocycles. The molecule has 2 unspecified atom stereocenters. The molecule has 0 saturated carbocycles. The van der Waals surface area contributed by atoms with Crippen LogP contribution in [0.3, 0.4) is 0 Å². The summed E-state index contributed by atoms with van der Waals surface area (Å²) in [6.07, 6.45) is 19.9. The first kappa shape index (κ1) is 41.3. The molecule has 0 aromatic heterocycles. The molecule has 0 fully saturated rings. The highest BCUT2D eigenvalue weighted by molar-refractivity contribution is 7.47. The maximum atomic E-state index is 12.4. The molecule has 0 bridgehead atoms. The van der Waals surface area contributed by atoms with Crippen LogP contribution < -0.4 is 0 Å². The zero-order chi connectivity index (χ0) is 33.8. The Morgan fingerprint density at radius 1 is 0.773 bits per heavy atom. The largest absolute Gasteiger partial charge is 0.472 e. The molecule has 12 heteroatoms. The average Bonchev–Trinajstić information content (AvgIpc) is 3.02. The van der Waals surface area contributed by atoms with Crippen molar-refractivity contribution in [2.45, 2.75) is 140 Å². The molecule has 0 aromatic rings. The van der Waals surface area contributed by atoms with E-state index in [2.05, 4.69) is 35.8 Å². The number of hydrogen-bond donors (Lipinski definition) is 6. The van der Waals surface area contributed by atoms with Gasteiger partial charge >= 0.3 is 7.82 Å². The third-order valence-corrected chi connectivity index (χ3v) is 8.15. The van der Waals surface area contributed by atoms with E-state index in [4.69, 9.17) is 20.5 Å². The number of hydrogen-bond acceptors (Lipinski definition) is 10. The minimum Gasteiger partial charge on any atom is -0.394 e. The molecule has 11 nitrogen and oxygen atoms in total. The Kier molecular flexibility index (Phi) is 27.9. The average molecular weight is 656 g/mol. The zero-order valence-corrected chi connectivity index (χ0v) is 28.0. The third kappa shape index (κ3) is 24.5. The van der Waals surface area contributed by atoms with Gasteiger partial charge < -0.3 is 39.9 Å². The summed E-state index contributed by atoms with van der Waals surface area (Å²) in [6, 6.07) is 0. The van der Waals surface area contributed by atoms with Crippen LogP contribution in [0.25, 0.3) is 0 Å². The topological polar surface area (TPSA) is 175 Å². The van der Waals surface area contributed by atoms with E-state index in [-0.39, 0.29) is 6.61 Å². The molecule has 0 aliphatic heterocycles. The Labute approximate surface area is 267 Å². The van der Waals surface area contributed by atoms with Crippen molar-refractivity contribution in [1.29, 1.82) is 0 Å². The van der Waals surface area contributed by atoms with E-state index < -0.39 is 58.1 Å². The Bertz CT molecular complexity index is 771. The van der Waals surface area contributed by atoms with Gasteiger partial charge in [-0.2, -0.15) is 0 Å². The second-order valence-electron chi connectivity index (χ2n) is 11.1. The number of unbranched alkanes of at least 4 members (excludes halogenated alkanes) is 13. The number of ether oxygens (including phenoxy) is 2. The molecule has 0 saturated heterocycles. The van der Waals surface area contributed by atoms with Crippen LogP contribution in [0.15, 0.2) is 24.3 Å². The lowest BCUT2D eigenvalue weighted by molar-refractivity contribution is -0.136. The van der Waals surface area contributed by atoms with Crippen molar-refractivity contribution < 1.29 is 54.9 Å². The van der Waals surface area contributed by atoms with Crippen LogP contribution in [0.2, 0.25) is 0 Å². The molecule has 262 valence electrons. The predicted molar refractivity (Wildman–Crippen MR) is 172 cm³/mol. The normalized spacial score (nSPS) is 18.2. The quantitative estimate of drug-likeness (QED) is 0.0328. The monoisotopic (exact) mass is 655 g/mol. The molecule has 0 spiro atoms. The third-order valence-electron chi connectivity index (χ3n) is 7.16. The second-order valence-corrected chi connectivity index (χ2v) is 12.5. The molecular formula is C32H63O11P. The fraction of sp³-hybridized carbons (Fsp3) is 0.875. The number of aliphatic hydroxyl groups is 5. The lowest BCUT2D eigenvalue weighted by Gasteiger charge is -2.32. The summed E-state index contributed by atoms with van der Waals surface area (Å²) >= 11 is 0. The Balaban J connectivity index is 4.12. The van der Waals surface area contributed by atoms with Gasteiger partial charge in [0.25, 0.3) is 0 Å². The molecule has 7 atom stereocenters. The number of rotatable bonds is 32. The second kappa shape index (κ2) is 29.7. The number of aliphatic hydroxyl groups excluding tert-OH is 5. The van der Waals surface area contributed by atoms with Crippen molar-refractivity contribution in [2.75, 3.05) is 40.1 Å². The van der Waals surface area contributed by atoms with Crippen molar-refractivity contribution in [3.8, 4) is 0 Å². The number of methoxy groups -OCH3 is 1. The summed E-state index contributed by atoms with van der Waals surface area (Å²) in [5.41, 5.74) is 0. The van der Waals surface area contributed by atoms with E-state index in [9.17, 15) is 29.9 Å². The molecule has 0 rings (SSSR count). The summed E-state index contributed by atoms with van der Waals surface area (Å²) < 4.78 is 39.8. The number of phosphoric ester groups is 1. The number of phosphoric acid groups is 1. The fourth-order valence-corrected chi connectivity index (χ4v) is 5.40. The van der Waals surface area contributed by atoms with Gasteiger partial charge in [0, 0.05) is 13.7 Å². The van der Waals surface area contributed by atoms with Gasteiger partial charge in [-0.15, -0.1) is 0 Å². The van der Waals surface area contributed by atoms with E-state index in [0.29, 0.717) is 6.61 Å². The van der Waals surface area contributed by atoms with Crippen molar-refractivity contribution in [1.82, 2.24) is 0 Å². The molecule has 0 aliphatic carbocycles. The molecule has 6 N–H and O–H groups in total. The maximum Gasteiger partial charge on any atom is 0.472 e. The summed E-state index contributed by atoms with van der Waals surface area (Å²) in [7, 11) is -3.68. The lowest BCUT2D eigenvalue weighted by atomic mass is 10.0. The first-order valence-electron chi connectivity index (χ1n) is 17.0. The number of allylic oxidation sites excluding steroid dienone is 4. The Hall–Kier alpha value is -0.690. The highest BCUT2D eigenvalue weighted by Crippen LogP contribution is 2.46. The minimum absolute atomic E-state index is 0.145. The van der Waals surface area contributed by atoms with Gasteiger partial charge in [0.15, 0.2) is 0 Å². The van der Waals surface area contributed by atoms with Gasteiger partial charge in [-0.1, -0.05) is 76.2 Å². The van der Waals surface area contributed by atoms with Gasteiger partial charge in [-0.05, 0) is 57.8 Å². The summed E-state index contributed by atoms with van der Waals surface area (Å²) in [4.78, 5) is 10.0. The van der Waals surface area contributed by atoms with Crippen molar-refractivity contribution in [2.24, 2.45) is 0 Å². The molecule has 0 aromatic carbocycles. The van der Waals surface area contributed by atoms with Crippen molar-refractivity contribution in [3.63, 3.8) is 0 Å². The molecular weight excluding hydrogens is 591 g/mol. The fourth-order valence-electron chi connectivity index (χ4n) is 4.43. The van der Waals surface area contributed by atoms with Crippen LogP contribution in [0.5, 0.6) is 0 Å². The summed E-state index contributed by atoms with van der Waals surface area (Å²) in [6.45, 7) is -1.24. The highest BCUT2D eigenvalue weighted by atomic mass is 31.2. The zero-order valence-electron chi connectivity index (χ0n) is 28.1. The highest BCUT2D eigenvalue weighted by Gasteiger charge is 2.40. The minimum atomic E-state index is -4.94. The first-order valence-corrected chi connectivity index (χ1v) is 17.9. The van der Waals surface area contributed by atoms with E-state index in [1.54, 1.807) is 0 Å². The summed E-state index contributed by atoms with van der Waals surface area (Å²) in [5.74, 6) is 0. The van der Waals surface area contributed by atoms with E-state index in [1.165, 1.54) is 71.3 Å². The van der Waals surface area contributed by atoms with Gasteiger partial charge in [0.05, 0.1) is 27.8 Å². The van der Waals surface area contributed by atoms with Crippen LogP contribution in [-0.2, 0) is 23.1 Å². The molecule has 0 amide bonds. The predicted octanol–water partition coefficient (Wildman–Crippen LogP) is 4.96. The van der Waals surface area contributed by atoms with Crippen LogP contribution in [0.4, 0.5) is 0 Å². The Morgan fingerprint density at radius 2 is 1.27 bits per heavy atom. The standard InChI is InChI=1S/C32H63O11P/c1-3-4-5-6-7-8-9-10-11-12-13-14-15-16-17-18-19-20-21-22-23-41-27-30(40-2)32(31(37)29(36)25-34)43-44(38,39)42-26-28(35)24-33/h7-8,13-14,28-37H,3-6,9-12,15-27H2,1-2H3,(H,38,39)/b8-7-,14-13-/t28-,29-,30-,31-,32-/m1/s1/i24D/t24?,28-,29-,30-,31-,32-. The maximum absolute atomic E-state index is 12.4. The van der Waals surface area contributed by atoms with Crippen LogP contribution in [0.1, 0.15) is 111 Å². The van der Waals surface area contributed by atoms with E-state index in [0.717, 1.165) is 38.5 Å². The van der Waals surface area contributed by atoms with Crippen LogP contribution in [0, 0.1) is 0 Å². The smallest absolute Gasteiger partial charge is 0.394 e. The molecule has 44 heavy (non-hydrogen) atoms. The van der Waals surface area contributed by atoms with Crippen LogP contribution in [-0.4, -0.2) is 101 Å². The van der Waals surface area contributed by atoms with Gasteiger partial charge in [-0.25, -0.2) is 4.57 Å². The van der Waals surface area contributed by atoms with Gasteiger partial charge in [0.1, 0.15) is 30.5 Å². The Morgan fingerprint density at radius 3 is 1.77 bits per heavy atom. The van der Waals surface area contributed by atoms with Gasteiger partial charge in [0.2, 0.25) is 0 Å². The summed E-state index contributed by atoms with van der Waals surface area (Å²) in [5, 5.41) is 47.9. The van der Waals surface area contributed by atoms with E-state index >= 15 is 0 Å². The SMILES string of the molecule is [2H]C(O)[C@@H](O)COP(=O)(O)O[C@@H]([C@H](O)[C@H](O)CO)[C@@H](COCCCCCCCCC/C=C\CCCC/C=C\CCCCC)OC.